The number of hydrogen-bond donors (Lipinski definition) is 2. The van der Waals surface area contributed by atoms with Crippen LogP contribution in [0.5, 0.6) is 0 Å². The molecule has 0 heterocycles. The SMILES string of the molecule is N#CCCCCCCN(CCN)CCN. The fraction of sp³-hybridized carbons (Fsp3) is 0.909. The van der Waals surface area contributed by atoms with Crippen LogP contribution in [0.15, 0.2) is 0 Å². The van der Waals surface area contributed by atoms with Crippen LogP contribution in [-0.4, -0.2) is 37.6 Å². The molecule has 4 nitrogen and oxygen atoms in total. The van der Waals surface area contributed by atoms with E-state index in [0.29, 0.717) is 19.5 Å². The Balaban J connectivity index is 3.32. The Bertz CT molecular complexity index is 158. The number of nitriles is 1. The summed E-state index contributed by atoms with van der Waals surface area (Å²) in [4.78, 5) is 2.31. The van der Waals surface area contributed by atoms with E-state index >= 15 is 0 Å². The van der Waals surface area contributed by atoms with Crippen molar-refractivity contribution in [1.82, 2.24) is 4.90 Å². The zero-order valence-electron chi connectivity index (χ0n) is 9.62. The van der Waals surface area contributed by atoms with Gasteiger partial charge >= 0.3 is 0 Å². The molecule has 0 amide bonds. The molecule has 4 N–H and O–H groups in total. The van der Waals surface area contributed by atoms with Crippen LogP contribution < -0.4 is 11.5 Å². The normalized spacial score (nSPS) is 10.5. The summed E-state index contributed by atoms with van der Waals surface area (Å²) in [5.74, 6) is 0. The average Bonchev–Trinajstić information content (AvgIpc) is 2.24. The van der Waals surface area contributed by atoms with Gasteiger partial charge in [0.25, 0.3) is 0 Å². The lowest BCUT2D eigenvalue weighted by Crippen LogP contribution is -2.34. The summed E-state index contributed by atoms with van der Waals surface area (Å²) in [6.07, 6.45) is 5.27. The predicted molar refractivity (Wildman–Crippen MR) is 63.2 cm³/mol. The molecular weight excluding hydrogens is 188 g/mol. The highest BCUT2D eigenvalue weighted by Gasteiger charge is 2.01. The first-order chi connectivity index (χ1) is 7.35. The number of nitrogens with zero attached hydrogens (tertiary/aromatic N) is 2. The van der Waals surface area contributed by atoms with E-state index in [1.54, 1.807) is 0 Å². The van der Waals surface area contributed by atoms with Gasteiger partial charge in [-0.15, -0.1) is 0 Å². The van der Waals surface area contributed by atoms with Crippen molar-refractivity contribution in [2.45, 2.75) is 32.1 Å². The molecule has 0 fully saturated rings. The molecule has 0 aliphatic rings. The van der Waals surface area contributed by atoms with Crippen molar-refractivity contribution in [3.8, 4) is 6.07 Å². The Labute approximate surface area is 93.2 Å². The molecule has 0 aromatic rings. The third-order valence-electron chi connectivity index (χ3n) is 2.40. The van der Waals surface area contributed by atoms with Gasteiger partial charge in [0.1, 0.15) is 0 Å². The van der Waals surface area contributed by atoms with E-state index in [1.807, 2.05) is 0 Å². The van der Waals surface area contributed by atoms with Gasteiger partial charge in [0.15, 0.2) is 0 Å². The minimum Gasteiger partial charge on any atom is -0.329 e. The minimum atomic E-state index is 0.690. The van der Waals surface area contributed by atoms with Gasteiger partial charge < -0.3 is 16.4 Å². The van der Waals surface area contributed by atoms with E-state index in [9.17, 15) is 0 Å². The first-order valence-corrected chi connectivity index (χ1v) is 5.84. The molecule has 0 atom stereocenters. The molecular formula is C11H24N4. The summed E-state index contributed by atoms with van der Waals surface area (Å²) < 4.78 is 0. The number of nitrogens with two attached hydrogens (primary N) is 2. The summed E-state index contributed by atoms with van der Waals surface area (Å²) in [6, 6.07) is 2.16. The Morgan fingerprint density at radius 3 is 2.00 bits per heavy atom. The summed E-state index contributed by atoms with van der Waals surface area (Å²) in [5.41, 5.74) is 11.0. The molecule has 0 unspecified atom stereocenters. The smallest absolute Gasteiger partial charge is 0.0621 e. The molecule has 0 radical (unpaired) electrons. The molecule has 15 heavy (non-hydrogen) atoms. The van der Waals surface area contributed by atoms with Gasteiger partial charge in [-0.2, -0.15) is 5.26 Å². The second-order valence-electron chi connectivity index (χ2n) is 3.74. The van der Waals surface area contributed by atoms with Crippen molar-refractivity contribution in [2.24, 2.45) is 11.5 Å². The van der Waals surface area contributed by atoms with Crippen LogP contribution in [0.2, 0.25) is 0 Å². The quantitative estimate of drug-likeness (QED) is 0.522. The molecule has 88 valence electrons. The van der Waals surface area contributed by atoms with Crippen LogP contribution in [0.3, 0.4) is 0 Å². The van der Waals surface area contributed by atoms with Crippen LogP contribution in [0, 0.1) is 11.3 Å². The molecule has 0 aromatic carbocycles. The predicted octanol–water partition coefficient (Wildman–Crippen LogP) is 0.680. The molecule has 0 saturated carbocycles. The fourth-order valence-corrected chi connectivity index (χ4v) is 1.59. The summed E-state index contributed by atoms with van der Waals surface area (Å²) in [6.45, 7) is 4.37. The topological polar surface area (TPSA) is 79.1 Å². The summed E-state index contributed by atoms with van der Waals surface area (Å²) in [7, 11) is 0. The third-order valence-corrected chi connectivity index (χ3v) is 2.40. The largest absolute Gasteiger partial charge is 0.329 e. The summed E-state index contributed by atoms with van der Waals surface area (Å²) >= 11 is 0. The van der Waals surface area contributed by atoms with Gasteiger partial charge in [-0.1, -0.05) is 12.8 Å². The Morgan fingerprint density at radius 1 is 0.867 bits per heavy atom. The van der Waals surface area contributed by atoms with Gasteiger partial charge in [0, 0.05) is 32.6 Å². The lowest BCUT2D eigenvalue weighted by atomic mass is 10.1. The van der Waals surface area contributed by atoms with Crippen LogP contribution in [0.1, 0.15) is 32.1 Å². The maximum Gasteiger partial charge on any atom is 0.0621 e. The first kappa shape index (κ1) is 14.4. The monoisotopic (exact) mass is 212 g/mol. The second kappa shape index (κ2) is 11.4. The van der Waals surface area contributed by atoms with Crippen LogP contribution >= 0.6 is 0 Å². The second-order valence-corrected chi connectivity index (χ2v) is 3.74. The minimum absolute atomic E-state index is 0.690. The zero-order valence-corrected chi connectivity index (χ0v) is 9.62. The molecule has 0 rings (SSSR count). The van der Waals surface area contributed by atoms with Crippen LogP contribution in [0.4, 0.5) is 0 Å². The molecule has 0 aromatic heterocycles. The van der Waals surface area contributed by atoms with E-state index in [1.165, 1.54) is 12.8 Å². The van der Waals surface area contributed by atoms with Crippen LogP contribution in [0.25, 0.3) is 0 Å². The Morgan fingerprint density at radius 2 is 1.47 bits per heavy atom. The highest BCUT2D eigenvalue weighted by atomic mass is 15.1. The number of rotatable bonds is 10. The van der Waals surface area contributed by atoms with Crippen molar-refractivity contribution in [3.63, 3.8) is 0 Å². The lowest BCUT2D eigenvalue weighted by Gasteiger charge is -2.20. The molecule has 0 bridgehead atoms. The van der Waals surface area contributed by atoms with E-state index in [4.69, 9.17) is 16.7 Å². The standard InChI is InChI=1S/C11H24N4/c12-6-4-2-1-3-5-9-15(10-7-13)11-8-14/h1-5,7-11,13-14H2. The molecule has 0 spiro atoms. The van der Waals surface area contributed by atoms with Crippen molar-refractivity contribution < 1.29 is 0 Å². The van der Waals surface area contributed by atoms with Crippen molar-refractivity contribution >= 4 is 0 Å². The number of hydrogen-bond acceptors (Lipinski definition) is 4. The Kier molecular flexibility index (Phi) is 11.0. The Hall–Kier alpha value is -0.630. The highest BCUT2D eigenvalue weighted by Crippen LogP contribution is 2.03. The summed E-state index contributed by atoms with van der Waals surface area (Å²) in [5, 5.41) is 8.36. The van der Waals surface area contributed by atoms with Gasteiger partial charge in [-0.3, -0.25) is 0 Å². The van der Waals surface area contributed by atoms with Gasteiger partial charge in [0.05, 0.1) is 6.07 Å². The van der Waals surface area contributed by atoms with Crippen LogP contribution in [-0.2, 0) is 0 Å². The van der Waals surface area contributed by atoms with E-state index in [0.717, 1.165) is 32.5 Å². The molecule has 0 saturated heterocycles. The van der Waals surface area contributed by atoms with E-state index in [2.05, 4.69) is 11.0 Å². The van der Waals surface area contributed by atoms with E-state index in [-0.39, 0.29) is 0 Å². The first-order valence-electron chi connectivity index (χ1n) is 5.84. The fourth-order valence-electron chi connectivity index (χ4n) is 1.59. The van der Waals surface area contributed by atoms with Crippen molar-refractivity contribution in [2.75, 3.05) is 32.7 Å². The molecule has 4 heteroatoms. The third kappa shape index (κ3) is 9.67. The lowest BCUT2D eigenvalue weighted by molar-refractivity contribution is 0.281. The zero-order chi connectivity index (χ0) is 11.4. The van der Waals surface area contributed by atoms with E-state index < -0.39 is 0 Å². The maximum absolute atomic E-state index is 8.36. The molecule has 0 aliphatic heterocycles. The van der Waals surface area contributed by atoms with Crippen molar-refractivity contribution in [1.29, 1.82) is 5.26 Å². The molecule has 0 aliphatic carbocycles. The van der Waals surface area contributed by atoms with Gasteiger partial charge in [0.2, 0.25) is 0 Å². The van der Waals surface area contributed by atoms with Crippen molar-refractivity contribution in [3.05, 3.63) is 0 Å². The average molecular weight is 212 g/mol. The number of unbranched alkanes of at least 4 members (excludes halogenated alkanes) is 4. The van der Waals surface area contributed by atoms with Gasteiger partial charge in [-0.05, 0) is 19.4 Å². The highest BCUT2D eigenvalue weighted by molar-refractivity contribution is 4.68. The maximum atomic E-state index is 8.36. The van der Waals surface area contributed by atoms with Gasteiger partial charge in [-0.25, -0.2) is 0 Å².